The molecular weight excluding hydrogens is 241 g/mol. The van der Waals surface area contributed by atoms with Gasteiger partial charge in [0.1, 0.15) is 17.3 Å². The molecule has 0 fully saturated rings. The fourth-order valence-corrected chi connectivity index (χ4v) is 1.47. The van der Waals surface area contributed by atoms with Crippen LogP contribution >= 0.6 is 11.8 Å². The third-order valence-corrected chi connectivity index (χ3v) is 2.38. The molecule has 0 saturated carbocycles. The molecule has 0 saturated heterocycles. The minimum absolute atomic E-state index is 0.360. The van der Waals surface area contributed by atoms with Crippen LogP contribution in [0.1, 0.15) is 6.92 Å². The number of thioether (sulfide) groups is 1. The van der Waals surface area contributed by atoms with Crippen molar-refractivity contribution in [2.24, 2.45) is 4.99 Å². The highest BCUT2D eigenvalue weighted by Gasteiger charge is 2.05. The van der Waals surface area contributed by atoms with Gasteiger partial charge in [0.2, 0.25) is 0 Å². The summed E-state index contributed by atoms with van der Waals surface area (Å²) < 4.78 is 18.4. The summed E-state index contributed by atoms with van der Waals surface area (Å²) in [5.74, 6) is 0.0878. The van der Waals surface area contributed by atoms with E-state index in [0.717, 1.165) is 0 Å². The first-order chi connectivity index (χ1) is 8.21. The average Bonchev–Trinajstić information content (AvgIpc) is 2.32. The molecule has 1 aromatic carbocycles. The lowest BCUT2D eigenvalue weighted by atomic mass is 10.3. The van der Waals surface area contributed by atoms with Gasteiger partial charge in [-0.05, 0) is 25.3 Å². The quantitative estimate of drug-likeness (QED) is 0.389. The van der Waals surface area contributed by atoms with E-state index in [4.69, 9.17) is 10.00 Å². The van der Waals surface area contributed by atoms with Crippen molar-refractivity contribution in [2.75, 3.05) is 12.9 Å². The van der Waals surface area contributed by atoms with E-state index < -0.39 is 5.82 Å². The Hall–Kier alpha value is -1.74. The zero-order valence-corrected chi connectivity index (χ0v) is 10.3. The standard InChI is InChI=1S/C11H12FN3OS/c1-3-16-10-5-4-8(12)6-9(10)15-11(17-2)14-7-13/h4-6H,3H2,1-2H3,(H,14,15). The summed E-state index contributed by atoms with van der Waals surface area (Å²) in [6.45, 7) is 2.30. The average molecular weight is 253 g/mol. The first-order valence-electron chi connectivity index (χ1n) is 4.91. The number of aliphatic imine (C=N–C) groups is 1. The molecule has 0 aliphatic rings. The molecule has 1 aromatic rings. The summed E-state index contributed by atoms with van der Waals surface area (Å²) in [5.41, 5.74) is 0.360. The molecule has 0 radical (unpaired) electrons. The summed E-state index contributed by atoms with van der Waals surface area (Å²) in [4.78, 5) is 4.13. The monoisotopic (exact) mass is 253 g/mol. The van der Waals surface area contributed by atoms with Crippen molar-refractivity contribution in [1.29, 1.82) is 5.26 Å². The molecule has 0 unspecified atom stereocenters. The van der Waals surface area contributed by atoms with E-state index in [2.05, 4.69) is 10.3 Å². The van der Waals surface area contributed by atoms with Gasteiger partial charge in [-0.15, -0.1) is 0 Å². The Morgan fingerprint density at radius 3 is 3.00 bits per heavy atom. The highest BCUT2D eigenvalue weighted by atomic mass is 32.2. The molecule has 0 amide bonds. The second-order valence-electron chi connectivity index (χ2n) is 2.90. The van der Waals surface area contributed by atoms with Gasteiger partial charge < -0.3 is 4.74 Å². The van der Waals surface area contributed by atoms with E-state index in [9.17, 15) is 4.39 Å². The Labute approximate surface area is 103 Å². The fourth-order valence-electron chi connectivity index (χ4n) is 1.14. The minimum atomic E-state index is -0.399. The molecule has 4 nitrogen and oxygen atoms in total. The van der Waals surface area contributed by atoms with Crippen LogP contribution in [0.25, 0.3) is 0 Å². The molecule has 6 heteroatoms. The number of halogens is 1. The smallest absolute Gasteiger partial charge is 0.183 e. The zero-order valence-electron chi connectivity index (χ0n) is 9.53. The van der Waals surface area contributed by atoms with Crippen molar-refractivity contribution in [1.82, 2.24) is 5.32 Å². The first kappa shape index (κ1) is 13.3. The molecule has 0 aromatic heterocycles. The third-order valence-electron chi connectivity index (χ3n) is 1.80. The second kappa shape index (κ2) is 6.76. The number of nitrogens with one attached hydrogen (secondary N) is 1. The van der Waals surface area contributed by atoms with Crippen LogP contribution in [0, 0.1) is 17.3 Å². The third kappa shape index (κ3) is 3.96. The number of hydrogen-bond acceptors (Lipinski definition) is 4. The Balaban J connectivity index is 3.10. The SMILES string of the molecule is CCOc1ccc(F)cc1N=C(NC#N)SC. The number of amidine groups is 1. The van der Waals surface area contributed by atoms with Crippen molar-refractivity contribution in [3.05, 3.63) is 24.0 Å². The van der Waals surface area contributed by atoms with E-state index in [1.54, 1.807) is 12.4 Å². The van der Waals surface area contributed by atoms with E-state index in [1.807, 2.05) is 6.92 Å². The number of ether oxygens (including phenoxy) is 1. The molecule has 17 heavy (non-hydrogen) atoms. The van der Waals surface area contributed by atoms with Crippen molar-refractivity contribution in [2.45, 2.75) is 6.92 Å². The zero-order chi connectivity index (χ0) is 12.7. The molecule has 90 valence electrons. The van der Waals surface area contributed by atoms with Gasteiger partial charge in [0, 0.05) is 6.07 Å². The normalized spacial score (nSPS) is 10.8. The molecule has 1 rings (SSSR count). The predicted molar refractivity (Wildman–Crippen MR) is 66.9 cm³/mol. The van der Waals surface area contributed by atoms with Gasteiger partial charge in [-0.25, -0.2) is 9.38 Å². The molecule has 0 spiro atoms. The van der Waals surface area contributed by atoms with Crippen molar-refractivity contribution in [3.8, 4) is 11.9 Å². The Kier molecular flexibility index (Phi) is 5.30. The lowest BCUT2D eigenvalue weighted by Gasteiger charge is -2.07. The Morgan fingerprint density at radius 2 is 2.41 bits per heavy atom. The largest absolute Gasteiger partial charge is 0.492 e. The van der Waals surface area contributed by atoms with Gasteiger partial charge in [0.15, 0.2) is 11.4 Å². The summed E-state index contributed by atoms with van der Waals surface area (Å²) in [5, 5.41) is 11.3. The first-order valence-corrected chi connectivity index (χ1v) is 6.13. The van der Waals surface area contributed by atoms with Crippen LogP contribution in [0.3, 0.4) is 0 Å². The summed E-state index contributed by atoms with van der Waals surface area (Å²) >= 11 is 1.26. The van der Waals surface area contributed by atoms with Crippen molar-refractivity contribution in [3.63, 3.8) is 0 Å². The lowest BCUT2D eigenvalue weighted by Crippen LogP contribution is -2.12. The van der Waals surface area contributed by atoms with Gasteiger partial charge in [0.05, 0.1) is 6.61 Å². The Bertz CT molecular complexity index is 457. The van der Waals surface area contributed by atoms with Crippen molar-refractivity contribution < 1.29 is 9.13 Å². The minimum Gasteiger partial charge on any atom is -0.492 e. The molecule has 1 N–H and O–H groups in total. The summed E-state index contributed by atoms with van der Waals surface area (Å²) in [6, 6.07) is 4.09. The van der Waals surface area contributed by atoms with Gasteiger partial charge in [0.25, 0.3) is 0 Å². The fraction of sp³-hybridized carbons (Fsp3) is 0.273. The van der Waals surface area contributed by atoms with Gasteiger partial charge in [-0.1, -0.05) is 11.8 Å². The highest BCUT2D eigenvalue weighted by Crippen LogP contribution is 2.29. The number of nitriles is 1. The van der Waals surface area contributed by atoms with E-state index in [-0.39, 0.29) is 0 Å². The van der Waals surface area contributed by atoms with E-state index >= 15 is 0 Å². The highest BCUT2D eigenvalue weighted by molar-refractivity contribution is 8.13. The number of benzene rings is 1. The molecule has 0 bridgehead atoms. The van der Waals surface area contributed by atoms with Crippen LogP contribution in [0.2, 0.25) is 0 Å². The van der Waals surface area contributed by atoms with Gasteiger partial charge in [-0.3, -0.25) is 5.32 Å². The number of nitrogens with zero attached hydrogens (tertiary/aromatic N) is 2. The van der Waals surface area contributed by atoms with Gasteiger partial charge in [-0.2, -0.15) is 5.26 Å². The van der Waals surface area contributed by atoms with Gasteiger partial charge >= 0.3 is 0 Å². The van der Waals surface area contributed by atoms with Crippen LogP contribution in [0.4, 0.5) is 10.1 Å². The molecular formula is C11H12FN3OS. The van der Waals surface area contributed by atoms with Crippen molar-refractivity contribution >= 4 is 22.6 Å². The molecule has 0 aliphatic heterocycles. The second-order valence-corrected chi connectivity index (χ2v) is 3.70. The van der Waals surface area contributed by atoms with Crippen LogP contribution in [-0.2, 0) is 0 Å². The molecule has 0 atom stereocenters. The van der Waals surface area contributed by atoms with E-state index in [1.165, 1.54) is 30.0 Å². The Morgan fingerprint density at radius 1 is 1.65 bits per heavy atom. The predicted octanol–water partition coefficient (Wildman–Crippen LogP) is 2.65. The van der Waals surface area contributed by atoms with Crippen LogP contribution < -0.4 is 10.1 Å². The maximum absolute atomic E-state index is 13.1. The lowest BCUT2D eigenvalue weighted by molar-refractivity contribution is 0.341. The van der Waals surface area contributed by atoms with E-state index in [0.29, 0.717) is 23.2 Å². The van der Waals surface area contributed by atoms with Crippen LogP contribution in [0.15, 0.2) is 23.2 Å². The number of rotatable bonds is 3. The summed E-state index contributed by atoms with van der Waals surface area (Å²) in [6.07, 6.45) is 3.54. The maximum atomic E-state index is 13.1. The van der Waals surface area contributed by atoms with Crippen LogP contribution in [0.5, 0.6) is 5.75 Å². The van der Waals surface area contributed by atoms with Crippen LogP contribution in [-0.4, -0.2) is 18.0 Å². The number of hydrogen-bond donors (Lipinski definition) is 1. The topological polar surface area (TPSA) is 57.4 Å². The molecule has 0 aliphatic carbocycles. The molecule has 0 heterocycles. The summed E-state index contributed by atoms with van der Waals surface area (Å²) in [7, 11) is 0. The maximum Gasteiger partial charge on any atom is 0.183 e.